The number of carbonyl (C=O) groups is 2. The molecule has 0 saturated carbocycles. The number of carbonyl (C=O) groups excluding carboxylic acids is 2. The van der Waals surface area contributed by atoms with Crippen molar-refractivity contribution < 1.29 is 9.59 Å². The topological polar surface area (TPSA) is 66.6 Å². The van der Waals surface area contributed by atoms with E-state index in [1.165, 1.54) is 11.0 Å². The van der Waals surface area contributed by atoms with E-state index in [9.17, 15) is 9.59 Å². The first-order chi connectivity index (χ1) is 8.49. The van der Waals surface area contributed by atoms with E-state index in [1.54, 1.807) is 24.1 Å². The van der Waals surface area contributed by atoms with Crippen LogP contribution >= 0.6 is 11.6 Å². The molecule has 1 aromatic rings. The number of halogens is 1. The monoisotopic (exact) mass is 267 g/mol. The van der Waals surface area contributed by atoms with E-state index in [0.29, 0.717) is 29.4 Å². The maximum Gasteiger partial charge on any atom is 0.255 e. The lowest BCUT2D eigenvalue weighted by Gasteiger charge is -2.32. The molecule has 0 unspecified atom stereocenters. The molecule has 6 heteroatoms. The number of nitrogens with zero attached hydrogens (tertiary/aromatic N) is 2. The summed E-state index contributed by atoms with van der Waals surface area (Å²) >= 11 is 5.98. The van der Waals surface area contributed by atoms with Crippen molar-refractivity contribution in [1.29, 1.82) is 0 Å². The molecule has 1 aromatic carbocycles. The van der Waals surface area contributed by atoms with E-state index in [4.69, 9.17) is 17.3 Å². The van der Waals surface area contributed by atoms with Gasteiger partial charge in [0.2, 0.25) is 5.91 Å². The van der Waals surface area contributed by atoms with Gasteiger partial charge in [0.05, 0.1) is 10.6 Å². The number of anilines is 1. The van der Waals surface area contributed by atoms with Crippen LogP contribution in [0.1, 0.15) is 10.4 Å². The van der Waals surface area contributed by atoms with Gasteiger partial charge in [-0.25, -0.2) is 0 Å². The van der Waals surface area contributed by atoms with Gasteiger partial charge in [0.1, 0.15) is 6.54 Å². The predicted molar refractivity (Wildman–Crippen MR) is 69.4 cm³/mol. The molecule has 2 amide bonds. The summed E-state index contributed by atoms with van der Waals surface area (Å²) in [6, 6.07) is 4.75. The second kappa shape index (κ2) is 4.86. The number of likely N-dealkylation sites (N-methyl/N-ethyl adjacent to an activating group) is 1. The SMILES string of the molecule is CN1CCN(C(=O)c2cc(N)ccc2Cl)CC1=O. The molecule has 2 N–H and O–H groups in total. The van der Waals surface area contributed by atoms with Crippen molar-refractivity contribution in [2.45, 2.75) is 0 Å². The number of hydrogen-bond donors (Lipinski definition) is 1. The van der Waals surface area contributed by atoms with E-state index >= 15 is 0 Å². The van der Waals surface area contributed by atoms with Gasteiger partial charge in [-0.15, -0.1) is 0 Å². The van der Waals surface area contributed by atoms with Crippen LogP contribution in [-0.4, -0.2) is 48.3 Å². The van der Waals surface area contributed by atoms with Gasteiger partial charge < -0.3 is 15.5 Å². The molecule has 0 atom stereocenters. The molecule has 0 aromatic heterocycles. The Hall–Kier alpha value is -1.75. The average Bonchev–Trinajstić information content (AvgIpc) is 2.35. The lowest BCUT2D eigenvalue weighted by molar-refractivity contribution is -0.133. The summed E-state index contributed by atoms with van der Waals surface area (Å²) in [5, 5.41) is 0.348. The Bertz CT molecular complexity index is 504. The standard InChI is InChI=1S/C12H14ClN3O2/c1-15-4-5-16(7-11(15)17)12(18)9-6-8(14)2-3-10(9)13/h2-3,6H,4-5,7,14H2,1H3. The molecule has 0 aliphatic carbocycles. The van der Waals surface area contributed by atoms with Crippen molar-refractivity contribution >= 4 is 29.1 Å². The van der Waals surface area contributed by atoms with Crippen molar-refractivity contribution in [3.63, 3.8) is 0 Å². The van der Waals surface area contributed by atoms with Crippen LogP contribution in [0.15, 0.2) is 18.2 Å². The summed E-state index contributed by atoms with van der Waals surface area (Å²) in [6.07, 6.45) is 0. The Balaban J connectivity index is 2.21. The van der Waals surface area contributed by atoms with Crippen molar-refractivity contribution in [3.8, 4) is 0 Å². The van der Waals surface area contributed by atoms with E-state index in [1.807, 2.05) is 0 Å². The molecule has 0 radical (unpaired) electrons. The highest BCUT2D eigenvalue weighted by Gasteiger charge is 2.26. The lowest BCUT2D eigenvalue weighted by atomic mass is 10.1. The first-order valence-corrected chi connectivity index (χ1v) is 5.95. The molecule has 5 nitrogen and oxygen atoms in total. The summed E-state index contributed by atoms with van der Waals surface area (Å²) in [5.74, 6) is -0.330. The number of amides is 2. The Kier molecular flexibility index (Phi) is 3.43. The number of benzene rings is 1. The minimum absolute atomic E-state index is 0.0744. The molecule has 2 rings (SSSR count). The second-order valence-corrected chi connectivity index (χ2v) is 4.69. The quantitative estimate of drug-likeness (QED) is 0.767. The van der Waals surface area contributed by atoms with Crippen LogP contribution in [-0.2, 0) is 4.79 Å². The van der Waals surface area contributed by atoms with Crippen molar-refractivity contribution in [1.82, 2.24) is 9.80 Å². The van der Waals surface area contributed by atoms with Gasteiger partial charge in [-0.1, -0.05) is 11.6 Å². The third-order valence-corrected chi connectivity index (χ3v) is 3.29. The molecule has 0 bridgehead atoms. The maximum atomic E-state index is 12.2. The number of piperazine rings is 1. The zero-order valence-electron chi connectivity index (χ0n) is 10.0. The largest absolute Gasteiger partial charge is 0.399 e. The summed E-state index contributed by atoms with van der Waals surface area (Å²) < 4.78 is 0. The van der Waals surface area contributed by atoms with E-state index in [-0.39, 0.29) is 18.4 Å². The van der Waals surface area contributed by atoms with Gasteiger partial charge >= 0.3 is 0 Å². The Morgan fingerprint density at radius 2 is 2.11 bits per heavy atom. The van der Waals surface area contributed by atoms with Crippen LogP contribution in [0.3, 0.4) is 0 Å². The van der Waals surface area contributed by atoms with E-state index in [2.05, 4.69) is 0 Å². The van der Waals surface area contributed by atoms with Crippen LogP contribution in [0.2, 0.25) is 5.02 Å². The van der Waals surface area contributed by atoms with Crippen LogP contribution in [0.5, 0.6) is 0 Å². The van der Waals surface area contributed by atoms with Crippen molar-refractivity contribution in [2.75, 3.05) is 32.4 Å². The minimum Gasteiger partial charge on any atom is -0.399 e. The average molecular weight is 268 g/mol. The van der Waals surface area contributed by atoms with Crippen LogP contribution in [0.25, 0.3) is 0 Å². The third kappa shape index (κ3) is 2.41. The number of hydrogen-bond acceptors (Lipinski definition) is 3. The molecule has 96 valence electrons. The zero-order valence-corrected chi connectivity index (χ0v) is 10.8. The van der Waals surface area contributed by atoms with Crippen molar-refractivity contribution in [3.05, 3.63) is 28.8 Å². The van der Waals surface area contributed by atoms with Crippen molar-refractivity contribution in [2.24, 2.45) is 0 Å². The number of nitrogen functional groups attached to an aromatic ring is 1. The molecule has 1 fully saturated rings. The van der Waals surface area contributed by atoms with Gasteiger partial charge in [0.15, 0.2) is 0 Å². The fraction of sp³-hybridized carbons (Fsp3) is 0.333. The molecule has 1 aliphatic heterocycles. The highest BCUT2D eigenvalue weighted by atomic mass is 35.5. The first kappa shape index (κ1) is 12.7. The van der Waals surface area contributed by atoms with Gasteiger partial charge in [0.25, 0.3) is 5.91 Å². The highest BCUT2D eigenvalue weighted by molar-refractivity contribution is 6.34. The minimum atomic E-state index is -0.256. The van der Waals surface area contributed by atoms with E-state index < -0.39 is 0 Å². The van der Waals surface area contributed by atoms with Crippen LogP contribution < -0.4 is 5.73 Å². The molecule has 1 heterocycles. The zero-order chi connectivity index (χ0) is 13.3. The molecular weight excluding hydrogens is 254 g/mol. The third-order valence-electron chi connectivity index (χ3n) is 2.97. The summed E-state index contributed by atoms with van der Waals surface area (Å²) in [5.41, 5.74) is 6.46. The van der Waals surface area contributed by atoms with Crippen LogP contribution in [0, 0.1) is 0 Å². The van der Waals surface area contributed by atoms with Gasteiger partial charge in [-0.2, -0.15) is 0 Å². The van der Waals surface area contributed by atoms with Gasteiger partial charge in [-0.05, 0) is 18.2 Å². The summed E-state index contributed by atoms with van der Waals surface area (Å²) in [6.45, 7) is 1.12. The normalized spacial score (nSPS) is 16.0. The molecular formula is C12H14ClN3O2. The molecule has 1 aliphatic rings. The summed E-state index contributed by atoms with van der Waals surface area (Å²) in [4.78, 5) is 26.9. The Morgan fingerprint density at radius 1 is 1.39 bits per heavy atom. The van der Waals surface area contributed by atoms with Crippen LogP contribution in [0.4, 0.5) is 5.69 Å². The fourth-order valence-corrected chi connectivity index (χ4v) is 2.01. The van der Waals surface area contributed by atoms with E-state index in [0.717, 1.165) is 0 Å². The Labute approximate surface area is 110 Å². The second-order valence-electron chi connectivity index (χ2n) is 4.28. The number of rotatable bonds is 1. The fourth-order valence-electron chi connectivity index (χ4n) is 1.81. The number of nitrogens with two attached hydrogens (primary N) is 1. The molecule has 0 spiro atoms. The first-order valence-electron chi connectivity index (χ1n) is 5.57. The maximum absolute atomic E-state index is 12.2. The molecule has 18 heavy (non-hydrogen) atoms. The molecule has 1 saturated heterocycles. The Morgan fingerprint density at radius 3 is 2.78 bits per heavy atom. The van der Waals surface area contributed by atoms with Gasteiger partial charge in [-0.3, -0.25) is 9.59 Å². The smallest absolute Gasteiger partial charge is 0.255 e. The predicted octanol–water partition coefficient (Wildman–Crippen LogP) is 0.836. The summed E-state index contributed by atoms with van der Waals surface area (Å²) in [7, 11) is 1.72. The lowest BCUT2D eigenvalue weighted by Crippen LogP contribution is -2.50. The highest BCUT2D eigenvalue weighted by Crippen LogP contribution is 2.21. The van der Waals surface area contributed by atoms with Gasteiger partial charge in [0, 0.05) is 25.8 Å².